The van der Waals surface area contributed by atoms with Gasteiger partial charge in [0.15, 0.2) is 0 Å². The summed E-state index contributed by atoms with van der Waals surface area (Å²) in [6.45, 7) is 5.70. The number of benzene rings is 1. The fraction of sp³-hybridized carbons (Fsp3) is 0.571. The van der Waals surface area contributed by atoms with E-state index >= 15 is 0 Å². The van der Waals surface area contributed by atoms with Gasteiger partial charge in [-0.25, -0.2) is 0 Å². The van der Waals surface area contributed by atoms with E-state index in [2.05, 4.69) is 4.90 Å². The first-order valence-corrected chi connectivity index (χ1v) is 6.18. The van der Waals surface area contributed by atoms with E-state index in [1.54, 1.807) is 0 Å². The Hall–Kier alpha value is -0.900. The van der Waals surface area contributed by atoms with E-state index in [0.29, 0.717) is 19.6 Å². The highest BCUT2D eigenvalue weighted by Gasteiger charge is 2.42. The predicted octanol–water partition coefficient (Wildman–Crippen LogP) is 1.35. The van der Waals surface area contributed by atoms with Crippen LogP contribution in [0.15, 0.2) is 30.3 Å². The third kappa shape index (κ3) is 2.68. The first-order valence-electron chi connectivity index (χ1n) is 6.18. The Morgan fingerprint density at radius 1 is 1.29 bits per heavy atom. The molecule has 0 saturated carbocycles. The molecule has 1 aromatic carbocycles. The number of hydrogen-bond donors (Lipinski definition) is 2. The van der Waals surface area contributed by atoms with E-state index in [4.69, 9.17) is 0 Å². The van der Waals surface area contributed by atoms with Crippen molar-refractivity contribution in [3.8, 4) is 0 Å². The third-order valence-corrected chi connectivity index (χ3v) is 3.62. The summed E-state index contributed by atoms with van der Waals surface area (Å²) >= 11 is 0. The van der Waals surface area contributed by atoms with Gasteiger partial charge in [0.25, 0.3) is 0 Å². The van der Waals surface area contributed by atoms with Crippen molar-refractivity contribution < 1.29 is 10.2 Å². The molecule has 0 radical (unpaired) electrons. The Balaban J connectivity index is 1.96. The van der Waals surface area contributed by atoms with Crippen LogP contribution in [0.1, 0.15) is 25.8 Å². The molecule has 2 rings (SSSR count). The van der Waals surface area contributed by atoms with Gasteiger partial charge in [-0.2, -0.15) is 0 Å². The maximum absolute atomic E-state index is 10.4. The molecule has 3 nitrogen and oxygen atoms in total. The average molecular weight is 235 g/mol. The second-order valence-corrected chi connectivity index (χ2v) is 5.36. The molecular weight excluding hydrogens is 214 g/mol. The van der Waals surface area contributed by atoms with Crippen LogP contribution in [0, 0.1) is 0 Å². The highest BCUT2D eigenvalue weighted by Crippen LogP contribution is 2.29. The fourth-order valence-corrected chi connectivity index (χ4v) is 2.45. The number of aliphatic hydroxyl groups is 2. The lowest BCUT2D eigenvalue weighted by Gasteiger charge is -2.48. The molecule has 1 fully saturated rings. The van der Waals surface area contributed by atoms with Gasteiger partial charge in [-0.3, -0.25) is 4.90 Å². The molecule has 94 valence electrons. The zero-order valence-electron chi connectivity index (χ0n) is 10.6. The summed E-state index contributed by atoms with van der Waals surface area (Å²) < 4.78 is 0. The summed E-state index contributed by atoms with van der Waals surface area (Å²) in [5, 5.41) is 20.4. The van der Waals surface area contributed by atoms with E-state index < -0.39 is 11.2 Å². The van der Waals surface area contributed by atoms with Gasteiger partial charge in [0, 0.05) is 19.6 Å². The standard InChI is InChI=1S/C14H21NO2/c1-3-14(17)10-15(11-14)9-13(2,16)12-7-5-4-6-8-12/h4-8,16-17H,3,9-11H2,1-2H3. The van der Waals surface area contributed by atoms with Crippen LogP contribution in [0.5, 0.6) is 0 Å². The van der Waals surface area contributed by atoms with E-state index in [1.807, 2.05) is 44.2 Å². The van der Waals surface area contributed by atoms with Crippen molar-refractivity contribution in [2.45, 2.75) is 31.5 Å². The van der Waals surface area contributed by atoms with Crippen molar-refractivity contribution in [3.63, 3.8) is 0 Å². The van der Waals surface area contributed by atoms with Gasteiger partial charge >= 0.3 is 0 Å². The van der Waals surface area contributed by atoms with Crippen LogP contribution in [0.25, 0.3) is 0 Å². The molecule has 1 heterocycles. The Bertz CT molecular complexity index is 369. The summed E-state index contributed by atoms with van der Waals surface area (Å²) in [6.07, 6.45) is 0.775. The SMILES string of the molecule is CCC1(O)CN(CC(C)(O)c2ccccc2)C1. The number of hydrogen-bond acceptors (Lipinski definition) is 3. The normalized spacial score (nSPS) is 22.8. The van der Waals surface area contributed by atoms with Gasteiger partial charge in [0.2, 0.25) is 0 Å². The number of nitrogens with zero attached hydrogens (tertiary/aromatic N) is 1. The predicted molar refractivity (Wildman–Crippen MR) is 67.7 cm³/mol. The van der Waals surface area contributed by atoms with Crippen LogP contribution in [-0.2, 0) is 5.60 Å². The first-order chi connectivity index (χ1) is 7.95. The molecule has 1 saturated heterocycles. The van der Waals surface area contributed by atoms with Crippen LogP contribution < -0.4 is 0 Å². The highest BCUT2D eigenvalue weighted by molar-refractivity contribution is 5.22. The van der Waals surface area contributed by atoms with E-state index in [0.717, 1.165) is 12.0 Å². The van der Waals surface area contributed by atoms with Crippen molar-refractivity contribution in [3.05, 3.63) is 35.9 Å². The third-order valence-electron chi connectivity index (χ3n) is 3.62. The van der Waals surface area contributed by atoms with Gasteiger partial charge in [-0.05, 0) is 18.9 Å². The van der Waals surface area contributed by atoms with Crippen molar-refractivity contribution in [2.75, 3.05) is 19.6 Å². The fourth-order valence-electron chi connectivity index (χ4n) is 2.45. The molecule has 1 unspecified atom stereocenters. The Morgan fingerprint density at radius 3 is 2.41 bits per heavy atom. The Kier molecular flexibility index (Phi) is 3.25. The van der Waals surface area contributed by atoms with Crippen molar-refractivity contribution in [1.29, 1.82) is 0 Å². The summed E-state index contributed by atoms with van der Waals surface area (Å²) in [6, 6.07) is 9.68. The van der Waals surface area contributed by atoms with Crippen LogP contribution in [0.3, 0.4) is 0 Å². The highest BCUT2D eigenvalue weighted by atomic mass is 16.3. The smallest absolute Gasteiger partial charge is 0.0994 e. The van der Waals surface area contributed by atoms with Gasteiger partial charge in [0.05, 0.1) is 11.2 Å². The molecule has 1 aromatic rings. The zero-order valence-corrected chi connectivity index (χ0v) is 10.6. The molecule has 0 aromatic heterocycles. The molecule has 3 heteroatoms. The maximum atomic E-state index is 10.4. The van der Waals surface area contributed by atoms with Crippen molar-refractivity contribution in [1.82, 2.24) is 4.90 Å². The minimum Gasteiger partial charge on any atom is -0.387 e. The lowest BCUT2D eigenvalue weighted by atomic mass is 9.88. The second kappa shape index (κ2) is 4.41. The van der Waals surface area contributed by atoms with E-state index in [9.17, 15) is 10.2 Å². The minimum absolute atomic E-state index is 0.535. The molecule has 1 aliphatic heterocycles. The first kappa shape index (κ1) is 12.6. The van der Waals surface area contributed by atoms with Gasteiger partial charge < -0.3 is 10.2 Å². The van der Waals surface area contributed by atoms with E-state index in [1.165, 1.54) is 0 Å². The van der Waals surface area contributed by atoms with Crippen LogP contribution in [0.2, 0.25) is 0 Å². The summed E-state index contributed by atoms with van der Waals surface area (Å²) in [7, 11) is 0. The molecule has 0 spiro atoms. The molecule has 0 amide bonds. The van der Waals surface area contributed by atoms with Crippen LogP contribution in [0.4, 0.5) is 0 Å². The zero-order chi connectivity index (χ0) is 12.5. The molecule has 1 atom stereocenters. The largest absolute Gasteiger partial charge is 0.387 e. The molecule has 17 heavy (non-hydrogen) atoms. The Morgan fingerprint density at radius 2 is 1.88 bits per heavy atom. The maximum Gasteiger partial charge on any atom is 0.0994 e. The van der Waals surface area contributed by atoms with Gasteiger partial charge in [-0.15, -0.1) is 0 Å². The average Bonchev–Trinajstić information content (AvgIpc) is 2.27. The second-order valence-electron chi connectivity index (χ2n) is 5.36. The van der Waals surface area contributed by atoms with Gasteiger partial charge in [-0.1, -0.05) is 37.3 Å². The topological polar surface area (TPSA) is 43.7 Å². The van der Waals surface area contributed by atoms with Crippen molar-refractivity contribution in [2.24, 2.45) is 0 Å². The lowest BCUT2D eigenvalue weighted by Crippen LogP contribution is -2.63. The molecule has 1 aliphatic rings. The molecule has 2 N–H and O–H groups in total. The summed E-state index contributed by atoms with van der Waals surface area (Å²) in [4.78, 5) is 2.09. The molecule has 0 bridgehead atoms. The summed E-state index contributed by atoms with van der Waals surface area (Å²) in [5.74, 6) is 0. The number of β-amino-alcohol motifs (C(OH)–C–C–N with tert-alkyl or cyclic N) is 2. The number of likely N-dealkylation sites (tertiary alicyclic amines) is 1. The monoisotopic (exact) mass is 235 g/mol. The minimum atomic E-state index is -0.851. The molecule has 0 aliphatic carbocycles. The van der Waals surface area contributed by atoms with Crippen LogP contribution >= 0.6 is 0 Å². The molecular formula is C14H21NO2. The quantitative estimate of drug-likeness (QED) is 0.828. The van der Waals surface area contributed by atoms with E-state index in [-0.39, 0.29) is 0 Å². The van der Waals surface area contributed by atoms with Crippen LogP contribution in [-0.4, -0.2) is 40.3 Å². The number of rotatable bonds is 4. The Labute approximate surface area is 103 Å². The van der Waals surface area contributed by atoms with Crippen molar-refractivity contribution >= 4 is 0 Å². The summed E-state index contributed by atoms with van der Waals surface area (Å²) in [5.41, 5.74) is -0.463. The lowest BCUT2D eigenvalue weighted by molar-refractivity contribution is -0.124. The van der Waals surface area contributed by atoms with Gasteiger partial charge in [0.1, 0.15) is 0 Å².